The van der Waals surface area contributed by atoms with Gasteiger partial charge in [-0.3, -0.25) is 0 Å². The first kappa shape index (κ1) is 22.3. The van der Waals surface area contributed by atoms with Crippen molar-refractivity contribution in [1.29, 1.82) is 0 Å². The molecule has 34 heavy (non-hydrogen) atoms. The van der Waals surface area contributed by atoms with Gasteiger partial charge in [0.05, 0.1) is 25.3 Å². The Morgan fingerprint density at radius 2 is 0.941 bits per heavy atom. The van der Waals surface area contributed by atoms with Crippen molar-refractivity contribution in [2.45, 2.75) is 19.6 Å². The van der Waals surface area contributed by atoms with Crippen molar-refractivity contribution < 1.29 is 19.1 Å². The van der Waals surface area contributed by atoms with E-state index in [1.54, 1.807) is 35.7 Å². The summed E-state index contributed by atoms with van der Waals surface area (Å²) in [5.74, 6) is -0.690. The summed E-state index contributed by atoms with van der Waals surface area (Å²) in [6.07, 6.45) is 0. The molecule has 0 atom stereocenters. The number of esters is 2. The molecule has 0 saturated heterocycles. The molecular weight excluding hydrogens is 464 g/mol. The number of hydrogen-bond donors (Lipinski definition) is 0. The van der Waals surface area contributed by atoms with Crippen LogP contribution in [-0.4, -0.2) is 26.2 Å². The van der Waals surface area contributed by atoms with Gasteiger partial charge in [-0.15, -0.1) is 0 Å². The van der Waals surface area contributed by atoms with Gasteiger partial charge >= 0.3 is 11.9 Å². The first-order chi connectivity index (χ1) is 16.6. The minimum atomic E-state index is -0.345. The third kappa shape index (κ3) is 4.34. The van der Waals surface area contributed by atoms with Gasteiger partial charge in [0.25, 0.3) is 0 Å². The zero-order chi connectivity index (χ0) is 23.7. The van der Waals surface area contributed by atoms with E-state index < -0.39 is 0 Å². The lowest BCUT2D eigenvalue weighted by Crippen LogP contribution is -2.01. The summed E-state index contributed by atoms with van der Waals surface area (Å²) < 4.78 is 9.72. The summed E-state index contributed by atoms with van der Waals surface area (Å²) in [7, 11) is 2.78. The summed E-state index contributed by atoms with van der Waals surface area (Å²) >= 11 is 3.47. The molecule has 0 radical (unpaired) electrons. The van der Waals surface area contributed by atoms with Crippen LogP contribution < -0.4 is 0 Å². The molecule has 1 aliphatic heterocycles. The van der Waals surface area contributed by atoms with E-state index in [1.807, 2.05) is 36.4 Å². The van der Waals surface area contributed by atoms with E-state index in [0.717, 1.165) is 22.3 Å². The average molecular weight is 485 g/mol. The van der Waals surface area contributed by atoms with Gasteiger partial charge in [0.15, 0.2) is 0 Å². The van der Waals surface area contributed by atoms with Crippen molar-refractivity contribution in [2.24, 2.45) is 0 Å². The van der Waals surface area contributed by atoms with Crippen molar-refractivity contribution >= 4 is 35.5 Å². The molecule has 168 valence electrons. The highest BCUT2D eigenvalue weighted by Crippen LogP contribution is 2.50. The minimum Gasteiger partial charge on any atom is -0.465 e. The molecule has 4 nitrogen and oxygen atoms in total. The molecule has 0 saturated carbocycles. The highest BCUT2D eigenvalue weighted by atomic mass is 32.2. The summed E-state index contributed by atoms with van der Waals surface area (Å²) in [6.45, 7) is 0. The molecule has 1 heterocycles. The second kappa shape index (κ2) is 9.41. The van der Waals surface area contributed by atoms with Crippen molar-refractivity contribution in [3.63, 3.8) is 0 Å². The molecule has 0 aliphatic carbocycles. The van der Waals surface area contributed by atoms with Crippen LogP contribution in [0.3, 0.4) is 0 Å². The number of hydrogen-bond acceptors (Lipinski definition) is 6. The van der Waals surface area contributed by atoms with Gasteiger partial charge in [-0.25, -0.2) is 9.59 Å². The molecule has 0 unspecified atom stereocenters. The standard InChI is InChI=1S/C28H20O4S2/c1-31-27(29)21-7-3-5-17(13-21)19-9-11-23-25(15-19)34-26-16-20(10-12-24(26)33-23)18-6-4-8-22(14-18)28(30)32-2/h3-16H,1-2H3. The monoisotopic (exact) mass is 484 g/mol. The van der Waals surface area contributed by atoms with Gasteiger partial charge in [0.2, 0.25) is 0 Å². The average Bonchev–Trinajstić information content (AvgIpc) is 2.90. The van der Waals surface area contributed by atoms with Gasteiger partial charge in [-0.2, -0.15) is 0 Å². The summed E-state index contributed by atoms with van der Waals surface area (Å²) in [5, 5.41) is 0. The van der Waals surface area contributed by atoms with Crippen LogP contribution in [0.25, 0.3) is 22.3 Å². The van der Waals surface area contributed by atoms with Crippen molar-refractivity contribution in [3.8, 4) is 22.3 Å². The number of carbonyl (C=O) groups excluding carboxylic acids is 2. The molecule has 0 bridgehead atoms. The van der Waals surface area contributed by atoms with Crippen LogP contribution in [0.4, 0.5) is 0 Å². The lowest BCUT2D eigenvalue weighted by molar-refractivity contribution is 0.0592. The van der Waals surface area contributed by atoms with Crippen molar-refractivity contribution in [3.05, 3.63) is 96.1 Å². The number of methoxy groups -OCH3 is 2. The van der Waals surface area contributed by atoms with Crippen molar-refractivity contribution in [2.75, 3.05) is 14.2 Å². The number of benzene rings is 4. The lowest BCUT2D eigenvalue weighted by atomic mass is 10.0. The van der Waals surface area contributed by atoms with Crippen LogP contribution >= 0.6 is 23.5 Å². The second-order valence-electron chi connectivity index (χ2n) is 7.67. The van der Waals surface area contributed by atoms with Crippen LogP contribution in [-0.2, 0) is 9.47 Å². The molecular formula is C28H20O4S2. The molecule has 0 fully saturated rings. The maximum atomic E-state index is 11.9. The van der Waals surface area contributed by atoms with Crippen LogP contribution in [0.1, 0.15) is 20.7 Å². The SMILES string of the molecule is COC(=O)c1cccc(-c2ccc3c(c2)Sc2cc(-c4cccc(C(=O)OC)c4)ccc2S3)c1. The van der Waals surface area contributed by atoms with E-state index in [0.29, 0.717) is 11.1 Å². The van der Waals surface area contributed by atoms with Gasteiger partial charge in [-0.05, 0) is 70.8 Å². The predicted molar refractivity (Wildman–Crippen MR) is 135 cm³/mol. The topological polar surface area (TPSA) is 52.6 Å². The van der Waals surface area contributed by atoms with Gasteiger partial charge < -0.3 is 9.47 Å². The maximum absolute atomic E-state index is 11.9. The third-order valence-corrected chi connectivity index (χ3v) is 8.09. The van der Waals surface area contributed by atoms with E-state index in [9.17, 15) is 9.59 Å². The van der Waals surface area contributed by atoms with E-state index >= 15 is 0 Å². The predicted octanol–water partition coefficient (Wildman–Crippen LogP) is 7.21. The fourth-order valence-corrected chi connectivity index (χ4v) is 6.10. The zero-order valence-electron chi connectivity index (χ0n) is 18.5. The summed E-state index contributed by atoms with van der Waals surface area (Å²) in [4.78, 5) is 28.6. The maximum Gasteiger partial charge on any atom is 0.337 e. The largest absolute Gasteiger partial charge is 0.465 e. The van der Waals surface area contributed by atoms with E-state index in [1.165, 1.54) is 33.8 Å². The molecule has 5 rings (SSSR count). The molecule has 0 amide bonds. The Hall–Kier alpha value is -3.48. The van der Waals surface area contributed by atoms with Crippen LogP contribution in [0.5, 0.6) is 0 Å². The molecule has 6 heteroatoms. The Kier molecular flexibility index (Phi) is 6.18. The van der Waals surface area contributed by atoms with Crippen LogP contribution in [0, 0.1) is 0 Å². The highest BCUT2D eigenvalue weighted by Gasteiger charge is 2.19. The first-order valence-electron chi connectivity index (χ1n) is 10.6. The molecule has 0 aromatic heterocycles. The Morgan fingerprint density at radius 1 is 0.529 bits per heavy atom. The van der Waals surface area contributed by atoms with Gasteiger partial charge in [0.1, 0.15) is 0 Å². The molecule has 1 aliphatic rings. The third-order valence-electron chi connectivity index (χ3n) is 5.56. The Labute approximate surface area is 206 Å². The smallest absolute Gasteiger partial charge is 0.337 e. The van der Waals surface area contributed by atoms with E-state index in [2.05, 4.69) is 36.4 Å². The fourth-order valence-electron chi connectivity index (χ4n) is 3.83. The Morgan fingerprint density at radius 3 is 1.38 bits per heavy atom. The Balaban J connectivity index is 1.46. The lowest BCUT2D eigenvalue weighted by Gasteiger charge is -2.20. The second-order valence-corrected chi connectivity index (χ2v) is 9.84. The minimum absolute atomic E-state index is 0.345. The zero-order valence-corrected chi connectivity index (χ0v) is 20.2. The normalized spacial score (nSPS) is 11.8. The van der Waals surface area contributed by atoms with E-state index in [-0.39, 0.29) is 11.9 Å². The summed E-state index contributed by atoms with van der Waals surface area (Å²) in [6, 6.07) is 27.7. The number of carbonyl (C=O) groups is 2. The molecule has 0 spiro atoms. The van der Waals surface area contributed by atoms with Gasteiger partial charge in [-0.1, -0.05) is 59.9 Å². The number of ether oxygens (including phenoxy) is 2. The molecule has 0 N–H and O–H groups in total. The fraction of sp³-hybridized carbons (Fsp3) is 0.0714. The first-order valence-corrected chi connectivity index (χ1v) is 12.2. The van der Waals surface area contributed by atoms with Crippen molar-refractivity contribution in [1.82, 2.24) is 0 Å². The van der Waals surface area contributed by atoms with Gasteiger partial charge in [0, 0.05) is 19.6 Å². The highest BCUT2D eigenvalue weighted by molar-refractivity contribution is 8.05. The quantitative estimate of drug-likeness (QED) is 0.251. The summed E-state index contributed by atoms with van der Waals surface area (Å²) in [5.41, 5.74) is 5.09. The van der Waals surface area contributed by atoms with Crippen LogP contribution in [0.2, 0.25) is 0 Å². The molecule has 4 aromatic rings. The number of fused-ring (bicyclic) bond motifs is 2. The molecule has 4 aromatic carbocycles. The van der Waals surface area contributed by atoms with Crippen LogP contribution in [0.15, 0.2) is 105 Å². The Bertz CT molecular complexity index is 1320. The van der Waals surface area contributed by atoms with E-state index in [4.69, 9.17) is 9.47 Å². The number of rotatable bonds is 4.